The number of carbonyl (C=O) groups excluding carboxylic acids is 2. The minimum absolute atomic E-state index is 0.142. The minimum atomic E-state index is -0.397. The Hall–Kier alpha value is -4.11. The van der Waals surface area contributed by atoms with Crippen LogP contribution in [0.15, 0.2) is 82.9 Å². The van der Waals surface area contributed by atoms with Crippen LogP contribution in [-0.2, 0) is 4.79 Å². The third-order valence-electron chi connectivity index (χ3n) is 4.86. The van der Waals surface area contributed by atoms with Crippen molar-refractivity contribution in [2.24, 2.45) is 5.10 Å². The average Bonchev–Trinajstić information content (AvgIpc) is 2.87. The number of aryl methyl sites for hydroxylation is 1. The van der Waals surface area contributed by atoms with Gasteiger partial charge in [-0.1, -0.05) is 24.8 Å². The summed E-state index contributed by atoms with van der Waals surface area (Å²) in [6, 6.07) is 17.7. The monoisotopic (exact) mass is 565 g/mol. The predicted octanol–water partition coefficient (Wildman–Crippen LogP) is 5.50. The van der Waals surface area contributed by atoms with Crippen LogP contribution in [0.4, 0.5) is 5.69 Å². The number of hydrogen-bond acceptors (Lipinski definition) is 6. The van der Waals surface area contributed by atoms with Crippen molar-refractivity contribution in [2.75, 3.05) is 25.1 Å². The van der Waals surface area contributed by atoms with E-state index in [1.54, 1.807) is 42.5 Å². The highest BCUT2D eigenvalue weighted by atomic mass is 79.9. The first kappa shape index (κ1) is 27.5. The molecule has 0 saturated heterocycles. The smallest absolute Gasteiger partial charge is 0.271 e. The average molecular weight is 566 g/mol. The molecule has 0 aliphatic rings. The van der Waals surface area contributed by atoms with Gasteiger partial charge in [0.2, 0.25) is 0 Å². The minimum Gasteiger partial charge on any atom is -0.490 e. The summed E-state index contributed by atoms with van der Waals surface area (Å²) < 4.78 is 17.4. The second-order valence-corrected chi connectivity index (χ2v) is 8.64. The molecule has 9 heteroatoms. The Kier molecular flexibility index (Phi) is 10.3. The van der Waals surface area contributed by atoms with Crippen LogP contribution < -0.4 is 25.0 Å². The number of carbonyl (C=O) groups is 2. The summed E-state index contributed by atoms with van der Waals surface area (Å²) in [6.45, 7) is 8.05. The van der Waals surface area contributed by atoms with Gasteiger partial charge in [-0.15, -0.1) is 0 Å². The molecule has 2 amide bonds. The summed E-state index contributed by atoms with van der Waals surface area (Å²) in [7, 11) is 0. The fourth-order valence-corrected chi connectivity index (χ4v) is 3.70. The molecule has 0 radical (unpaired) electrons. The molecule has 0 bridgehead atoms. The number of anilines is 1. The summed E-state index contributed by atoms with van der Waals surface area (Å²) in [4.78, 5) is 24.7. The molecule has 8 nitrogen and oxygen atoms in total. The third kappa shape index (κ3) is 8.50. The Morgan fingerprint density at radius 2 is 1.81 bits per heavy atom. The predicted molar refractivity (Wildman–Crippen MR) is 148 cm³/mol. The SMILES string of the molecule is C=CCOc1ccc(C(=O)N/N=C/c2ccc(OCC(=O)Nc3cccc(C)c3)c(Br)c2)cc1OCC. The molecule has 0 unspecified atom stereocenters. The maximum atomic E-state index is 12.5. The van der Waals surface area contributed by atoms with Crippen LogP contribution in [0.25, 0.3) is 0 Å². The van der Waals surface area contributed by atoms with E-state index in [0.29, 0.717) is 51.7 Å². The van der Waals surface area contributed by atoms with Crippen LogP contribution in [0.2, 0.25) is 0 Å². The highest BCUT2D eigenvalue weighted by Crippen LogP contribution is 2.29. The Morgan fingerprint density at radius 3 is 2.54 bits per heavy atom. The van der Waals surface area contributed by atoms with E-state index in [1.807, 2.05) is 38.1 Å². The molecule has 2 N–H and O–H groups in total. The lowest BCUT2D eigenvalue weighted by molar-refractivity contribution is -0.118. The van der Waals surface area contributed by atoms with Gasteiger partial charge in [0, 0.05) is 11.3 Å². The van der Waals surface area contributed by atoms with Gasteiger partial charge >= 0.3 is 0 Å². The molecule has 0 fully saturated rings. The van der Waals surface area contributed by atoms with Gasteiger partial charge in [0.15, 0.2) is 18.1 Å². The second-order valence-electron chi connectivity index (χ2n) is 7.79. The van der Waals surface area contributed by atoms with Gasteiger partial charge in [0.1, 0.15) is 12.4 Å². The van der Waals surface area contributed by atoms with Crippen LogP contribution in [0.5, 0.6) is 17.2 Å². The fourth-order valence-electron chi connectivity index (χ4n) is 3.19. The van der Waals surface area contributed by atoms with Crippen molar-refractivity contribution >= 4 is 39.6 Å². The highest BCUT2D eigenvalue weighted by Gasteiger charge is 2.11. The number of benzene rings is 3. The topological polar surface area (TPSA) is 98.3 Å². The molecule has 0 aromatic heterocycles. The molecule has 3 rings (SSSR count). The van der Waals surface area contributed by atoms with E-state index in [2.05, 4.69) is 38.4 Å². The molecule has 0 spiro atoms. The number of nitrogens with one attached hydrogen (secondary N) is 2. The Morgan fingerprint density at radius 1 is 1.00 bits per heavy atom. The number of ether oxygens (including phenoxy) is 3. The van der Waals surface area contributed by atoms with Crippen LogP contribution in [0.3, 0.4) is 0 Å². The van der Waals surface area contributed by atoms with Crippen molar-refractivity contribution in [3.8, 4) is 17.2 Å². The van der Waals surface area contributed by atoms with Gasteiger partial charge < -0.3 is 19.5 Å². The van der Waals surface area contributed by atoms with Crippen LogP contribution in [-0.4, -0.2) is 37.8 Å². The summed E-state index contributed by atoms with van der Waals surface area (Å²) in [6.07, 6.45) is 3.13. The molecular weight excluding hydrogens is 538 g/mol. The second kappa shape index (κ2) is 13.8. The van der Waals surface area contributed by atoms with Crippen LogP contribution in [0.1, 0.15) is 28.4 Å². The number of hydrogen-bond donors (Lipinski definition) is 2. The van der Waals surface area contributed by atoms with Crippen LogP contribution >= 0.6 is 15.9 Å². The molecule has 0 aliphatic heterocycles. The summed E-state index contributed by atoms with van der Waals surface area (Å²) in [5.74, 6) is 0.835. The van der Waals surface area contributed by atoms with E-state index in [4.69, 9.17) is 14.2 Å². The molecule has 3 aromatic rings. The zero-order valence-electron chi connectivity index (χ0n) is 20.6. The van der Waals surface area contributed by atoms with E-state index >= 15 is 0 Å². The summed E-state index contributed by atoms with van der Waals surface area (Å²) in [5.41, 5.74) is 5.36. The lowest BCUT2D eigenvalue weighted by atomic mass is 10.2. The van der Waals surface area contributed by atoms with Crippen LogP contribution in [0, 0.1) is 6.92 Å². The lowest BCUT2D eigenvalue weighted by Crippen LogP contribution is -2.20. The van der Waals surface area contributed by atoms with Crippen molar-refractivity contribution in [1.29, 1.82) is 0 Å². The zero-order valence-corrected chi connectivity index (χ0v) is 22.2. The fraction of sp³-hybridized carbons (Fsp3) is 0.179. The normalized spacial score (nSPS) is 10.6. The molecule has 0 aliphatic carbocycles. The molecule has 3 aromatic carbocycles. The van der Waals surface area contributed by atoms with Crippen molar-refractivity contribution in [3.63, 3.8) is 0 Å². The Bertz CT molecular complexity index is 1290. The van der Waals surface area contributed by atoms with Crippen molar-refractivity contribution in [2.45, 2.75) is 13.8 Å². The van der Waals surface area contributed by atoms with Crippen molar-refractivity contribution < 1.29 is 23.8 Å². The quantitative estimate of drug-likeness (QED) is 0.171. The molecular formula is C28H28BrN3O5. The summed E-state index contributed by atoms with van der Waals surface area (Å²) >= 11 is 3.44. The van der Waals surface area contributed by atoms with Gasteiger partial charge in [-0.3, -0.25) is 9.59 Å². The maximum Gasteiger partial charge on any atom is 0.271 e. The number of nitrogens with zero attached hydrogens (tertiary/aromatic N) is 1. The number of hydrazone groups is 1. The van der Waals surface area contributed by atoms with E-state index in [0.717, 1.165) is 5.56 Å². The Labute approximate surface area is 224 Å². The zero-order chi connectivity index (χ0) is 26.6. The molecule has 37 heavy (non-hydrogen) atoms. The van der Waals surface area contributed by atoms with Gasteiger partial charge in [-0.05, 0) is 89.4 Å². The van der Waals surface area contributed by atoms with Crippen molar-refractivity contribution in [1.82, 2.24) is 5.43 Å². The standard InChI is InChI=1S/C28H28BrN3O5/c1-4-13-36-25-12-10-21(16-26(25)35-5-2)28(34)32-30-17-20-9-11-24(23(29)15-20)37-18-27(33)31-22-8-6-7-19(3)14-22/h4,6-12,14-17H,1,5,13,18H2,2-3H3,(H,31,33)(H,32,34)/b30-17+. The van der Waals surface area contributed by atoms with Gasteiger partial charge in [-0.25, -0.2) is 5.43 Å². The van der Waals surface area contributed by atoms with Gasteiger partial charge in [0.05, 0.1) is 17.3 Å². The lowest BCUT2D eigenvalue weighted by Gasteiger charge is -2.12. The first-order valence-corrected chi connectivity index (χ1v) is 12.3. The number of rotatable bonds is 12. The largest absolute Gasteiger partial charge is 0.490 e. The van der Waals surface area contributed by atoms with E-state index in [9.17, 15) is 9.59 Å². The Balaban J connectivity index is 1.55. The van der Waals surface area contributed by atoms with E-state index in [1.165, 1.54) is 6.21 Å². The summed E-state index contributed by atoms with van der Waals surface area (Å²) in [5, 5.41) is 6.83. The van der Waals surface area contributed by atoms with E-state index < -0.39 is 5.91 Å². The first-order valence-electron chi connectivity index (χ1n) is 11.5. The van der Waals surface area contributed by atoms with Crippen molar-refractivity contribution in [3.05, 3.63) is 94.5 Å². The van der Waals surface area contributed by atoms with Gasteiger partial charge in [-0.2, -0.15) is 5.10 Å². The first-order chi connectivity index (χ1) is 17.9. The maximum absolute atomic E-state index is 12.5. The highest BCUT2D eigenvalue weighted by molar-refractivity contribution is 9.10. The van der Waals surface area contributed by atoms with Gasteiger partial charge in [0.25, 0.3) is 11.8 Å². The molecule has 0 heterocycles. The molecule has 0 atom stereocenters. The molecule has 192 valence electrons. The van der Waals surface area contributed by atoms with E-state index in [-0.39, 0.29) is 12.5 Å². The molecule has 0 saturated carbocycles. The number of amides is 2. The third-order valence-corrected chi connectivity index (χ3v) is 5.48. The number of halogens is 1.